The second-order valence-corrected chi connectivity index (χ2v) is 4.44. The van der Waals surface area contributed by atoms with E-state index in [1.807, 2.05) is 0 Å². The second kappa shape index (κ2) is 6.02. The molecule has 0 saturated carbocycles. The Labute approximate surface area is 113 Å². The molecular formula is C9H14N6O3S. The molecule has 0 radical (unpaired) electrons. The number of aliphatic hydroxyl groups excluding tert-OH is 1. The zero-order valence-corrected chi connectivity index (χ0v) is 11.1. The molecule has 2 heterocycles. The maximum absolute atomic E-state index is 10.8. The molecule has 0 saturated heterocycles. The minimum atomic E-state index is -0.476. The van der Waals surface area contributed by atoms with Gasteiger partial charge in [-0.25, -0.2) is 20.1 Å². The Balaban J connectivity index is 2.14. The molecular weight excluding hydrogens is 272 g/mol. The average molecular weight is 286 g/mol. The summed E-state index contributed by atoms with van der Waals surface area (Å²) >= 11 is 1.34. The molecule has 1 aliphatic heterocycles. The summed E-state index contributed by atoms with van der Waals surface area (Å²) < 4.78 is 1.42. The quantitative estimate of drug-likeness (QED) is 0.290. The first-order valence-electron chi connectivity index (χ1n) is 5.57. The van der Waals surface area contributed by atoms with Crippen molar-refractivity contribution < 1.29 is 10.0 Å². The van der Waals surface area contributed by atoms with E-state index in [1.54, 1.807) is 17.6 Å². The first kappa shape index (κ1) is 13.8. The summed E-state index contributed by atoms with van der Waals surface area (Å²) in [6.07, 6.45) is 1.84. The van der Waals surface area contributed by atoms with Crippen LogP contribution in [0.4, 0.5) is 5.82 Å². The molecule has 0 bridgehead atoms. The Morgan fingerprint density at radius 3 is 3.11 bits per heavy atom. The fraction of sp³-hybridized carbons (Fsp3) is 0.444. The van der Waals surface area contributed by atoms with Crippen LogP contribution >= 0.6 is 11.9 Å². The van der Waals surface area contributed by atoms with Gasteiger partial charge in [0.25, 0.3) is 0 Å². The van der Waals surface area contributed by atoms with E-state index in [9.17, 15) is 10.1 Å². The van der Waals surface area contributed by atoms with Crippen LogP contribution in [0.1, 0.15) is 12.2 Å². The van der Waals surface area contributed by atoms with E-state index in [1.165, 1.54) is 22.7 Å². The SMILES string of the molecule is Cn1c([N+](=O)[O-])cnc1C1=CSNN1NCCCO. The molecule has 9 nitrogen and oxygen atoms in total. The van der Waals surface area contributed by atoms with E-state index in [-0.39, 0.29) is 12.4 Å². The topological polar surface area (TPSA) is 108 Å². The summed E-state index contributed by atoms with van der Waals surface area (Å²) in [7, 11) is 1.59. The van der Waals surface area contributed by atoms with Gasteiger partial charge in [0.15, 0.2) is 0 Å². The molecule has 0 unspecified atom stereocenters. The van der Waals surface area contributed by atoms with Gasteiger partial charge in [0.2, 0.25) is 5.82 Å². The van der Waals surface area contributed by atoms with Crippen molar-refractivity contribution in [1.29, 1.82) is 0 Å². The number of nitrogens with zero attached hydrogens (tertiary/aromatic N) is 4. The summed E-state index contributed by atoms with van der Waals surface area (Å²) in [4.78, 5) is 17.4. The maximum atomic E-state index is 10.8. The van der Waals surface area contributed by atoms with Gasteiger partial charge in [0, 0.05) is 18.6 Å². The Kier molecular flexibility index (Phi) is 4.37. The summed E-state index contributed by atoms with van der Waals surface area (Å²) in [5, 5.41) is 23.0. The van der Waals surface area contributed by atoms with Gasteiger partial charge in [-0.15, -0.1) is 0 Å². The third-order valence-electron chi connectivity index (χ3n) is 2.54. The first-order chi connectivity index (χ1) is 9.15. The summed E-state index contributed by atoms with van der Waals surface area (Å²) in [5.41, 5.74) is 3.74. The number of rotatable bonds is 6. The van der Waals surface area contributed by atoms with Crippen LogP contribution in [-0.4, -0.2) is 37.9 Å². The monoisotopic (exact) mass is 286 g/mol. The Morgan fingerprint density at radius 1 is 1.68 bits per heavy atom. The second-order valence-electron chi connectivity index (χ2n) is 3.79. The number of imidazole rings is 1. The van der Waals surface area contributed by atoms with Crippen LogP contribution in [0.25, 0.3) is 5.70 Å². The molecule has 3 N–H and O–H groups in total. The van der Waals surface area contributed by atoms with Crippen LogP contribution in [0, 0.1) is 10.1 Å². The minimum absolute atomic E-state index is 0.0666. The number of hydrogen-bond acceptors (Lipinski definition) is 8. The third-order valence-corrected chi connectivity index (χ3v) is 3.17. The molecule has 0 aliphatic carbocycles. The van der Waals surface area contributed by atoms with Crippen LogP contribution in [0.3, 0.4) is 0 Å². The van der Waals surface area contributed by atoms with Crippen LogP contribution in [0.2, 0.25) is 0 Å². The molecule has 0 spiro atoms. The van der Waals surface area contributed by atoms with Gasteiger partial charge >= 0.3 is 5.82 Å². The van der Waals surface area contributed by atoms with Crippen molar-refractivity contribution in [2.24, 2.45) is 7.05 Å². The smallest absolute Gasteiger partial charge is 0.342 e. The third kappa shape index (κ3) is 2.87. The largest absolute Gasteiger partial charge is 0.396 e. The lowest BCUT2D eigenvalue weighted by molar-refractivity contribution is -0.391. The van der Waals surface area contributed by atoms with Crippen LogP contribution in [0.5, 0.6) is 0 Å². The van der Waals surface area contributed by atoms with Crippen molar-refractivity contribution in [3.63, 3.8) is 0 Å². The molecule has 1 aromatic heterocycles. The summed E-state index contributed by atoms with van der Waals surface area (Å²) in [6, 6.07) is 0. The van der Waals surface area contributed by atoms with Gasteiger partial charge in [-0.3, -0.25) is 0 Å². The predicted octanol–water partition coefficient (Wildman–Crippen LogP) is -0.0179. The van der Waals surface area contributed by atoms with Gasteiger partial charge in [-0.1, -0.05) is 0 Å². The van der Waals surface area contributed by atoms with Gasteiger partial charge in [-0.05, 0) is 23.3 Å². The van der Waals surface area contributed by atoms with E-state index in [0.717, 1.165) is 0 Å². The van der Waals surface area contributed by atoms with Crippen molar-refractivity contribution in [3.05, 3.63) is 27.5 Å². The first-order valence-corrected chi connectivity index (χ1v) is 6.45. The number of nitro groups is 1. The molecule has 10 heteroatoms. The normalized spacial score (nSPS) is 14.8. The number of hydrazine groups is 2. The van der Waals surface area contributed by atoms with Crippen LogP contribution in [0.15, 0.2) is 11.6 Å². The molecule has 19 heavy (non-hydrogen) atoms. The van der Waals surface area contributed by atoms with Crippen molar-refractivity contribution in [2.45, 2.75) is 6.42 Å². The van der Waals surface area contributed by atoms with Crippen molar-refractivity contribution in [2.75, 3.05) is 13.2 Å². The summed E-state index contributed by atoms with van der Waals surface area (Å²) in [5.74, 6) is 0.420. The van der Waals surface area contributed by atoms with E-state index in [2.05, 4.69) is 15.2 Å². The number of aliphatic hydroxyl groups is 1. The number of nitrogens with one attached hydrogen (secondary N) is 2. The predicted molar refractivity (Wildman–Crippen MR) is 70.1 cm³/mol. The van der Waals surface area contributed by atoms with Gasteiger partial charge in [0.1, 0.15) is 11.9 Å². The Morgan fingerprint density at radius 2 is 2.47 bits per heavy atom. The molecule has 1 aliphatic rings. The highest BCUT2D eigenvalue weighted by molar-refractivity contribution is 8.00. The van der Waals surface area contributed by atoms with Crippen molar-refractivity contribution in [1.82, 2.24) is 24.9 Å². The van der Waals surface area contributed by atoms with E-state index < -0.39 is 4.92 Å². The van der Waals surface area contributed by atoms with E-state index in [4.69, 9.17) is 5.11 Å². The number of hydrogen-bond donors (Lipinski definition) is 3. The standard InChI is InChI=1S/C9H14N6O3S/c1-13-8(15(17)18)5-10-9(13)7-6-19-12-14(7)11-3-2-4-16/h5-6,11-12,16H,2-4H2,1H3. The van der Waals surface area contributed by atoms with Gasteiger partial charge in [0.05, 0.1) is 7.05 Å². The molecule has 0 amide bonds. The fourth-order valence-corrected chi connectivity index (χ4v) is 2.23. The Bertz CT molecular complexity index is 502. The highest BCUT2D eigenvalue weighted by atomic mass is 32.2. The molecule has 0 atom stereocenters. The van der Waals surface area contributed by atoms with Crippen molar-refractivity contribution >= 4 is 23.5 Å². The highest BCUT2D eigenvalue weighted by Crippen LogP contribution is 2.26. The lowest BCUT2D eigenvalue weighted by Crippen LogP contribution is -2.41. The minimum Gasteiger partial charge on any atom is -0.396 e. The zero-order valence-electron chi connectivity index (χ0n) is 10.2. The zero-order chi connectivity index (χ0) is 13.8. The van der Waals surface area contributed by atoms with Gasteiger partial charge < -0.3 is 15.2 Å². The maximum Gasteiger partial charge on any atom is 0.342 e. The van der Waals surface area contributed by atoms with Crippen LogP contribution in [-0.2, 0) is 7.05 Å². The molecule has 1 aromatic rings. The molecule has 0 fully saturated rings. The molecule has 0 aromatic carbocycles. The van der Waals surface area contributed by atoms with E-state index in [0.29, 0.717) is 24.5 Å². The lowest BCUT2D eigenvalue weighted by Gasteiger charge is -2.20. The fourth-order valence-electron chi connectivity index (χ4n) is 1.58. The summed E-state index contributed by atoms with van der Waals surface area (Å²) in [6.45, 7) is 0.675. The van der Waals surface area contributed by atoms with E-state index >= 15 is 0 Å². The number of aromatic nitrogens is 2. The molecule has 2 rings (SSSR count). The molecule has 104 valence electrons. The van der Waals surface area contributed by atoms with Gasteiger partial charge in [-0.2, -0.15) is 4.83 Å². The average Bonchev–Trinajstić information content (AvgIpc) is 2.95. The Hall–Kier alpha value is -1.62. The van der Waals surface area contributed by atoms with Crippen LogP contribution < -0.4 is 10.3 Å². The van der Waals surface area contributed by atoms with Crippen molar-refractivity contribution in [3.8, 4) is 0 Å². The highest BCUT2D eigenvalue weighted by Gasteiger charge is 2.26. The lowest BCUT2D eigenvalue weighted by atomic mass is 10.4.